The molecule has 3 heterocycles. The van der Waals surface area contributed by atoms with Crippen molar-refractivity contribution in [3.05, 3.63) is 60.2 Å². The van der Waals surface area contributed by atoms with Crippen LogP contribution in [-0.2, 0) is 27.8 Å². The molecule has 3 aromatic rings. The molecule has 1 saturated heterocycles. The van der Waals surface area contributed by atoms with E-state index in [0.717, 1.165) is 55.2 Å². The van der Waals surface area contributed by atoms with E-state index in [4.69, 9.17) is 0 Å². The van der Waals surface area contributed by atoms with Gasteiger partial charge in [-0.3, -0.25) is 4.79 Å². The van der Waals surface area contributed by atoms with Gasteiger partial charge >= 0.3 is 0 Å². The fraction of sp³-hybridized carbons (Fsp3) is 0.400. The van der Waals surface area contributed by atoms with E-state index in [0.29, 0.717) is 18.5 Å². The summed E-state index contributed by atoms with van der Waals surface area (Å²) in [6.07, 6.45) is 5.26. The molecule has 1 aromatic heterocycles. The van der Waals surface area contributed by atoms with Crippen LogP contribution in [0.4, 0.5) is 10.1 Å². The van der Waals surface area contributed by atoms with Crippen LogP contribution in [0.25, 0.3) is 11.4 Å². The van der Waals surface area contributed by atoms with Crippen molar-refractivity contribution in [1.82, 2.24) is 19.1 Å². The van der Waals surface area contributed by atoms with E-state index in [9.17, 15) is 17.6 Å². The van der Waals surface area contributed by atoms with Gasteiger partial charge in [0.2, 0.25) is 15.9 Å². The van der Waals surface area contributed by atoms with E-state index in [1.807, 2.05) is 24.3 Å². The predicted molar refractivity (Wildman–Crippen MR) is 130 cm³/mol. The van der Waals surface area contributed by atoms with Crippen LogP contribution < -0.4 is 5.32 Å². The first-order valence-corrected chi connectivity index (χ1v) is 13.4. The summed E-state index contributed by atoms with van der Waals surface area (Å²) in [5, 5.41) is 11.7. The lowest BCUT2D eigenvalue weighted by atomic mass is 9.97. The largest absolute Gasteiger partial charge is 0.326 e. The molecule has 5 rings (SSSR count). The molecule has 35 heavy (non-hydrogen) atoms. The first-order valence-electron chi connectivity index (χ1n) is 12.0. The summed E-state index contributed by atoms with van der Waals surface area (Å²) in [5.41, 5.74) is 1.65. The molecule has 8 nitrogen and oxygen atoms in total. The van der Waals surface area contributed by atoms with Gasteiger partial charge in [0.05, 0.1) is 4.90 Å². The minimum absolute atomic E-state index is 0.0615. The number of benzene rings is 2. The highest BCUT2D eigenvalue weighted by Gasteiger charge is 2.32. The number of piperidine rings is 1. The number of nitrogens with one attached hydrogen (secondary N) is 1. The molecule has 2 aliphatic heterocycles. The molecule has 10 heteroatoms. The first-order chi connectivity index (χ1) is 16.9. The number of nitrogens with zero attached hydrogens (tertiary/aromatic N) is 4. The number of hydrogen-bond donors (Lipinski definition) is 1. The zero-order valence-electron chi connectivity index (χ0n) is 19.4. The second-order valence-electron chi connectivity index (χ2n) is 9.10. The van der Waals surface area contributed by atoms with Crippen LogP contribution >= 0.6 is 0 Å². The predicted octanol–water partition coefficient (Wildman–Crippen LogP) is 3.85. The van der Waals surface area contributed by atoms with E-state index in [1.165, 1.54) is 22.9 Å². The Kier molecular flexibility index (Phi) is 6.66. The van der Waals surface area contributed by atoms with Crippen molar-refractivity contribution < 1.29 is 17.6 Å². The Morgan fingerprint density at radius 1 is 0.914 bits per heavy atom. The third-order valence-corrected chi connectivity index (χ3v) is 8.71. The molecule has 0 unspecified atom stereocenters. The highest BCUT2D eigenvalue weighted by atomic mass is 32.2. The summed E-state index contributed by atoms with van der Waals surface area (Å²) in [6.45, 7) is 1.41. The zero-order chi connectivity index (χ0) is 24.4. The van der Waals surface area contributed by atoms with E-state index in [1.54, 1.807) is 0 Å². The molecule has 2 aliphatic rings. The second kappa shape index (κ2) is 9.87. The lowest BCUT2D eigenvalue weighted by molar-refractivity contribution is -0.120. The quantitative estimate of drug-likeness (QED) is 0.578. The van der Waals surface area contributed by atoms with Crippen molar-refractivity contribution in [2.45, 2.75) is 50.0 Å². The van der Waals surface area contributed by atoms with Crippen LogP contribution in [-0.4, -0.2) is 46.5 Å². The molecule has 0 radical (unpaired) electrons. The molecule has 0 atom stereocenters. The number of hydrogen-bond acceptors (Lipinski definition) is 5. The van der Waals surface area contributed by atoms with Crippen molar-refractivity contribution in [3.8, 4) is 11.4 Å². The summed E-state index contributed by atoms with van der Waals surface area (Å²) in [6, 6.07) is 12.4. The van der Waals surface area contributed by atoms with Gasteiger partial charge in [0.25, 0.3) is 0 Å². The van der Waals surface area contributed by atoms with Gasteiger partial charge in [-0.25, -0.2) is 12.8 Å². The van der Waals surface area contributed by atoms with Crippen molar-refractivity contribution in [3.63, 3.8) is 0 Å². The fourth-order valence-corrected chi connectivity index (χ4v) is 6.23. The Hall–Kier alpha value is -3.11. The monoisotopic (exact) mass is 497 g/mol. The Bertz CT molecular complexity index is 1300. The smallest absolute Gasteiger partial charge is 0.243 e. The summed E-state index contributed by atoms with van der Waals surface area (Å²) >= 11 is 0. The van der Waals surface area contributed by atoms with Gasteiger partial charge in [0.1, 0.15) is 11.6 Å². The van der Waals surface area contributed by atoms with Gasteiger partial charge in [-0.05, 0) is 74.2 Å². The molecule has 1 fully saturated rings. The Labute approximate surface area is 204 Å². The number of carbonyl (C=O) groups is 1. The van der Waals surface area contributed by atoms with Crippen LogP contribution in [0, 0.1) is 11.7 Å². The van der Waals surface area contributed by atoms with Gasteiger partial charge < -0.3 is 9.88 Å². The number of anilines is 1. The molecule has 1 amide bonds. The van der Waals surface area contributed by atoms with Crippen LogP contribution in [0.15, 0.2) is 53.4 Å². The highest BCUT2D eigenvalue weighted by Crippen LogP contribution is 2.27. The summed E-state index contributed by atoms with van der Waals surface area (Å²) in [5.74, 6) is 1.01. The number of aryl methyl sites for hydroxylation is 1. The van der Waals surface area contributed by atoms with Crippen LogP contribution in [0.2, 0.25) is 0 Å². The average molecular weight is 498 g/mol. The Balaban J connectivity index is 1.19. The van der Waals surface area contributed by atoms with Crippen molar-refractivity contribution in [2.75, 3.05) is 18.4 Å². The second-order valence-corrected chi connectivity index (χ2v) is 11.0. The topological polar surface area (TPSA) is 97.2 Å². The molecule has 1 N–H and O–H groups in total. The third kappa shape index (κ3) is 4.99. The standard InChI is InChI=1S/C25H28FN5O3S/c26-20-7-11-22(12-8-20)35(33,34)30-16-13-19(14-17-30)25(32)27-21-9-5-18(6-10-21)24-29-28-23-4-2-1-3-15-31(23)24/h5-12,19H,1-4,13-17H2,(H,27,32). The molecule has 0 spiro atoms. The summed E-state index contributed by atoms with van der Waals surface area (Å²) in [4.78, 5) is 12.9. The zero-order valence-corrected chi connectivity index (χ0v) is 20.2. The number of halogens is 1. The number of sulfonamides is 1. The normalized spacial score (nSPS) is 17.5. The van der Waals surface area contributed by atoms with E-state index in [-0.39, 0.29) is 29.8 Å². The van der Waals surface area contributed by atoms with Gasteiger partial charge in [0.15, 0.2) is 5.82 Å². The van der Waals surface area contributed by atoms with Gasteiger partial charge in [0, 0.05) is 43.2 Å². The first kappa shape index (κ1) is 23.6. The SMILES string of the molecule is O=C(Nc1ccc(-c2nnc3n2CCCCC3)cc1)C1CCN(S(=O)(=O)c2ccc(F)cc2)CC1. The van der Waals surface area contributed by atoms with Crippen LogP contribution in [0.5, 0.6) is 0 Å². The average Bonchev–Trinajstić information content (AvgIpc) is 3.12. The fourth-order valence-electron chi connectivity index (χ4n) is 4.76. The number of amides is 1. The van der Waals surface area contributed by atoms with Crippen LogP contribution in [0.1, 0.15) is 37.9 Å². The lowest BCUT2D eigenvalue weighted by Gasteiger charge is -2.30. The van der Waals surface area contributed by atoms with Gasteiger partial charge in [-0.2, -0.15) is 4.31 Å². The number of fused-ring (bicyclic) bond motifs is 1. The molecular weight excluding hydrogens is 469 g/mol. The number of aromatic nitrogens is 3. The molecule has 0 bridgehead atoms. The summed E-state index contributed by atoms with van der Waals surface area (Å²) < 4.78 is 42.3. The molecule has 0 saturated carbocycles. The van der Waals surface area contributed by atoms with Crippen molar-refractivity contribution in [1.29, 1.82) is 0 Å². The maximum atomic E-state index is 13.2. The van der Waals surface area contributed by atoms with Gasteiger partial charge in [-0.15, -0.1) is 10.2 Å². The van der Waals surface area contributed by atoms with E-state index >= 15 is 0 Å². The number of carbonyl (C=O) groups excluding carboxylic acids is 1. The molecule has 0 aliphatic carbocycles. The Morgan fingerprint density at radius 3 is 2.34 bits per heavy atom. The lowest BCUT2D eigenvalue weighted by Crippen LogP contribution is -2.41. The highest BCUT2D eigenvalue weighted by molar-refractivity contribution is 7.89. The maximum absolute atomic E-state index is 13.2. The minimum atomic E-state index is -3.70. The minimum Gasteiger partial charge on any atom is -0.326 e. The molecule has 184 valence electrons. The maximum Gasteiger partial charge on any atom is 0.243 e. The van der Waals surface area contributed by atoms with Gasteiger partial charge in [-0.1, -0.05) is 6.42 Å². The summed E-state index contributed by atoms with van der Waals surface area (Å²) in [7, 11) is -3.70. The van der Waals surface area contributed by atoms with Crippen molar-refractivity contribution >= 4 is 21.6 Å². The van der Waals surface area contributed by atoms with E-state index in [2.05, 4.69) is 20.1 Å². The Morgan fingerprint density at radius 2 is 1.63 bits per heavy atom. The molecular formula is C25H28FN5O3S. The van der Waals surface area contributed by atoms with Crippen LogP contribution in [0.3, 0.4) is 0 Å². The molecule has 2 aromatic carbocycles. The number of rotatable bonds is 5. The van der Waals surface area contributed by atoms with Crippen molar-refractivity contribution in [2.24, 2.45) is 5.92 Å². The third-order valence-electron chi connectivity index (χ3n) is 6.80. The van der Waals surface area contributed by atoms with E-state index < -0.39 is 15.8 Å².